The first kappa shape index (κ1) is 12.3. The Kier molecular flexibility index (Phi) is 2.64. The number of nitrogens with two attached hydrogens (primary N) is 1. The molecule has 1 aliphatic rings. The lowest BCUT2D eigenvalue weighted by Crippen LogP contribution is -2.00. The van der Waals surface area contributed by atoms with Crippen LogP contribution in [0.5, 0.6) is 0 Å². The zero-order valence-corrected chi connectivity index (χ0v) is 11.4. The summed E-state index contributed by atoms with van der Waals surface area (Å²) >= 11 is 0. The zero-order chi connectivity index (χ0) is 14.4. The SMILES string of the molecule is Nc1cc(C2CC2)nc(-c2ccc(F)c3ccccc23)n1. The fourth-order valence-electron chi connectivity index (χ4n) is 2.65. The second-order valence-corrected chi connectivity index (χ2v) is 5.46. The zero-order valence-electron chi connectivity index (χ0n) is 11.4. The summed E-state index contributed by atoms with van der Waals surface area (Å²) in [5.41, 5.74) is 7.72. The van der Waals surface area contributed by atoms with E-state index in [0.29, 0.717) is 22.9 Å². The van der Waals surface area contributed by atoms with E-state index in [9.17, 15) is 4.39 Å². The summed E-state index contributed by atoms with van der Waals surface area (Å²) in [6.07, 6.45) is 2.31. The van der Waals surface area contributed by atoms with Gasteiger partial charge in [0.15, 0.2) is 5.82 Å². The molecule has 0 amide bonds. The molecule has 0 bridgehead atoms. The Morgan fingerprint density at radius 2 is 1.76 bits per heavy atom. The van der Waals surface area contributed by atoms with E-state index in [-0.39, 0.29) is 5.82 Å². The normalized spacial score (nSPS) is 14.5. The Morgan fingerprint density at radius 3 is 2.52 bits per heavy atom. The van der Waals surface area contributed by atoms with Crippen molar-refractivity contribution in [3.63, 3.8) is 0 Å². The fourth-order valence-corrected chi connectivity index (χ4v) is 2.65. The number of aromatic nitrogens is 2. The number of rotatable bonds is 2. The highest BCUT2D eigenvalue weighted by molar-refractivity contribution is 5.95. The molecule has 21 heavy (non-hydrogen) atoms. The molecule has 0 atom stereocenters. The maximum atomic E-state index is 13.9. The molecular weight excluding hydrogens is 265 g/mol. The molecule has 104 valence electrons. The molecular formula is C17H14FN3. The van der Waals surface area contributed by atoms with Gasteiger partial charge in [-0.15, -0.1) is 0 Å². The first-order valence-electron chi connectivity index (χ1n) is 7.04. The van der Waals surface area contributed by atoms with Crippen molar-refractivity contribution in [2.24, 2.45) is 0 Å². The van der Waals surface area contributed by atoms with Crippen molar-refractivity contribution in [1.29, 1.82) is 0 Å². The van der Waals surface area contributed by atoms with E-state index in [1.807, 2.05) is 24.3 Å². The lowest BCUT2D eigenvalue weighted by atomic mass is 10.0. The van der Waals surface area contributed by atoms with Crippen LogP contribution in [0.15, 0.2) is 42.5 Å². The summed E-state index contributed by atoms with van der Waals surface area (Å²) in [6.45, 7) is 0. The molecule has 2 aromatic carbocycles. The lowest BCUT2D eigenvalue weighted by molar-refractivity contribution is 0.640. The molecule has 0 unspecified atom stereocenters. The Labute approximate surface area is 121 Å². The van der Waals surface area contributed by atoms with E-state index >= 15 is 0 Å². The Hall–Kier alpha value is -2.49. The van der Waals surface area contributed by atoms with Crippen molar-refractivity contribution < 1.29 is 4.39 Å². The molecule has 3 nitrogen and oxygen atoms in total. The highest BCUT2D eigenvalue weighted by Crippen LogP contribution is 2.40. The summed E-state index contributed by atoms with van der Waals surface area (Å²) in [6, 6.07) is 12.4. The van der Waals surface area contributed by atoms with Crippen molar-refractivity contribution in [2.45, 2.75) is 18.8 Å². The van der Waals surface area contributed by atoms with Crippen LogP contribution in [-0.2, 0) is 0 Å². The van der Waals surface area contributed by atoms with E-state index in [4.69, 9.17) is 5.73 Å². The molecule has 2 N–H and O–H groups in total. The smallest absolute Gasteiger partial charge is 0.162 e. The van der Waals surface area contributed by atoms with Crippen molar-refractivity contribution >= 4 is 16.6 Å². The molecule has 1 saturated carbocycles. The van der Waals surface area contributed by atoms with Crippen LogP contribution in [0.1, 0.15) is 24.5 Å². The number of hydrogen-bond acceptors (Lipinski definition) is 3. The molecule has 4 heteroatoms. The molecule has 0 radical (unpaired) electrons. The van der Waals surface area contributed by atoms with Gasteiger partial charge in [-0.05, 0) is 30.4 Å². The first-order valence-corrected chi connectivity index (χ1v) is 7.04. The largest absolute Gasteiger partial charge is 0.384 e. The summed E-state index contributed by atoms with van der Waals surface area (Å²) < 4.78 is 13.9. The molecule has 1 fully saturated rings. The van der Waals surface area contributed by atoms with Gasteiger partial charge in [-0.25, -0.2) is 14.4 Å². The topological polar surface area (TPSA) is 51.8 Å². The van der Waals surface area contributed by atoms with Crippen LogP contribution in [0.4, 0.5) is 10.2 Å². The van der Waals surface area contributed by atoms with Gasteiger partial charge in [0.1, 0.15) is 11.6 Å². The van der Waals surface area contributed by atoms with Gasteiger partial charge < -0.3 is 5.73 Å². The first-order chi connectivity index (χ1) is 10.2. The van der Waals surface area contributed by atoms with Crippen LogP contribution in [0.2, 0.25) is 0 Å². The second-order valence-electron chi connectivity index (χ2n) is 5.46. The summed E-state index contributed by atoms with van der Waals surface area (Å²) in [5, 5.41) is 1.39. The summed E-state index contributed by atoms with van der Waals surface area (Å²) in [4.78, 5) is 8.97. The van der Waals surface area contributed by atoms with Gasteiger partial charge in [-0.3, -0.25) is 0 Å². The number of nitrogens with zero attached hydrogens (tertiary/aromatic N) is 2. The standard InChI is InChI=1S/C17H14FN3/c18-14-8-7-13(11-3-1-2-4-12(11)14)17-20-15(10-5-6-10)9-16(19)21-17/h1-4,7-10H,5-6H2,(H2,19,20,21). The number of fused-ring (bicyclic) bond motifs is 1. The van der Waals surface area contributed by atoms with Gasteiger partial charge in [0.05, 0.1) is 0 Å². The number of hydrogen-bond donors (Lipinski definition) is 1. The highest BCUT2D eigenvalue weighted by Gasteiger charge is 2.26. The third-order valence-corrected chi connectivity index (χ3v) is 3.87. The van der Waals surface area contributed by atoms with Crippen LogP contribution in [0.25, 0.3) is 22.2 Å². The molecule has 0 aliphatic heterocycles. The van der Waals surface area contributed by atoms with Crippen LogP contribution in [0.3, 0.4) is 0 Å². The quantitative estimate of drug-likeness (QED) is 0.774. The predicted octanol–water partition coefficient (Wildman–Crippen LogP) is 3.90. The van der Waals surface area contributed by atoms with Crippen LogP contribution in [-0.4, -0.2) is 9.97 Å². The van der Waals surface area contributed by atoms with Crippen LogP contribution in [0, 0.1) is 5.82 Å². The average Bonchev–Trinajstić information content (AvgIpc) is 3.32. The van der Waals surface area contributed by atoms with Crippen molar-refractivity contribution in [3.05, 3.63) is 54.0 Å². The number of nitrogen functional groups attached to an aromatic ring is 1. The number of benzene rings is 2. The molecule has 0 spiro atoms. The monoisotopic (exact) mass is 279 g/mol. The van der Waals surface area contributed by atoms with Gasteiger partial charge in [0.2, 0.25) is 0 Å². The molecule has 4 rings (SSSR count). The summed E-state index contributed by atoms with van der Waals surface area (Å²) in [7, 11) is 0. The minimum atomic E-state index is -0.235. The van der Waals surface area contributed by atoms with Crippen LogP contribution < -0.4 is 5.73 Å². The number of halogens is 1. The summed E-state index contributed by atoms with van der Waals surface area (Å²) in [5.74, 6) is 1.31. The van der Waals surface area contributed by atoms with Gasteiger partial charge in [-0.2, -0.15) is 0 Å². The highest BCUT2D eigenvalue weighted by atomic mass is 19.1. The van der Waals surface area contributed by atoms with E-state index in [2.05, 4.69) is 9.97 Å². The minimum Gasteiger partial charge on any atom is -0.384 e. The van der Waals surface area contributed by atoms with Gasteiger partial charge >= 0.3 is 0 Å². The fraction of sp³-hybridized carbons (Fsp3) is 0.176. The van der Waals surface area contributed by atoms with E-state index in [1.54, 1.807) is 12.1 Å². The van der Waals surface area contributed by atoms with Gasteiger partial charge in [-0.1, -0.05) is 24.3 Å². The Morgan fingerprint density at radius 1 is 1.00 bits per heavy atom. The Bertz CT molecular complexity index is 841. The van der Waals surface area contributed by atoms with Crippen LogP contribution >= 0.6 is 0 Å². The Balaban J connectivity index is 1.96. The van der Waals surface area contributed by atoms with E-state index < -0.39 is 0 Å². The van der Waals surface area contributed by atoms with Crippen molar-refractivity contribution in [1.82, 2.24) is 9.97 Å². The van der Waals surface area contributed by atoms with Gasteiger partial charge in [0.25, 0.3) is 0 Å². The molecule has 0 saturated heterocycles. The van der Waals surface area contributed by atoms with E-state index in [1.165, 1.54) is 6.07 Å². The minimum absolute atomic E-state index is 0.235. The molecule has 1 aliphatic carbocycles. The van der Waals surface area contributed by atoms with Crippen molar-refractivity contribution in [3.8, 4) is 11.4 Å². The average molecular weight is 279 g/mol. The van der Waals surface area contributed by atoms with E-state index in [0.717, 1.165) is 29.5 Å². The van der Waals surface area contributed by atoms with Gasteiger partial charge in [0, 0.05) is 28.6 Å². The third kappa shape index (κ3) is 2.13. The predicted molar refractivity (Wildman–Crippen MR) is 81.3 cm³/mol. The molecule has 1 heterocycles. The maximum absolute atomic E-state index is 13.9. The number of anilines is 1. The molecule has 3 aromatic rings. The molecule has 1 aromatic heterocycles. The third-order valence-electron chi connectivity index (χ3n) is 3.87. The van der Waals surface area contributed by atoms with Crippen molar-refractivity contribution in [2.75, 3.05) is 5.73 Å². The lowest BCUT2D eigenvalue weighted by Gasteiger charge is -2.09. The second kappa shape index (κ2) is 4.52. The maximum Gasteiger partial charge on any atom is 0.162 e.